The fourth-order valence-electron chi connectivity index (χ4n) is 5.03. The van der Waals surface area contributed by atoms with E-state index in [2.05, 4.69) is 0 Å². The molecule has 0 atom stereocenters. The average molecular weight is 421 g/mol. The zero-order valence-electron chi connectivity index (χ0n) is 17.8. The van der Waals surface area contributed by atoms with Crippen LogP contribution in [0.1, 0.15) is 65.2 Å². The molecule has 2 aliphatic carbocycles. The zero-order chi connectivity index (χ0) is 22.1. The van der Waals surface area contributed by atoms with Gasteiger partial charge in [-0.2, -0.15) is 0 Å². The highest BCUT2D eigenvalue weighted by Crippen LogP contribution is 2.55. The summed E-state index contributed by atoms with van der Waals surface area (Å²) >= 11 is 0. The van der Waals surface area contributed by atoms with E-state index >= 15 is 0 Å². The second kappa shape index (κ2) is 8.65. The SMILES string of the molecule is CCCCN1C(=O)C(=C(N)N)C(=O)N(C2CCC3(CC2)CC(C(=O)OCC)C3)C1=O. The summed E-state index contributed by atoms with van der Waals surface area (Å²) in [5.74, 6) is -1.94. The Morgan fingerprint density at radius 2 is 1.73 bits per heavy atom. The Kier molecular flexibility index (Phi) is 6.38. The number of amides is 4. The van der Waals surface area contributed by atoms with E-state index in [1.54, 1.807) is 6.92 Å². The van der Waals surface area contributed by atoms with Gasteiger partial charge in [0.05, 0.1) is 12.5 Å². The molecule has 0 bridgehead atoms. The van der Waals surface area contributed by atoms with Crippen molar-refractivity contribution in [3.63, 3.8) is 0 Å². The first-order valence-electron chi connectivity index (χ1n) is 10.9. The van der Waals surface area contributed by atoms with Crippen LogP contribution in [0.3, 0.4) is 0 Å². The van der Waals surface area contributed by atoms with Crippen molar-refractivity contribution in [2.45, 2.75) is 71.3 Å². The van der Waals surface area contributed by atoms with Crippen LogP contribution >= 0.6 is 0 Å². The molecule has 1 saturated heterocycles. The third-order valence-corrected chi connectivity index (χ3v) is 6.71. The largest absolute Gasteiger partial charge is 0.466 e. The molecule has 9 nitrogen and oxygen atoms in total. The fraction of sp³-hybridized carbons (Fsp3) is 0.714. The predicted octanol–water partition coefficient (Wildman–Crippen LogP) is 1.61. The lowest BCUT2D eigenvalue weighted by molar-refractivity contribution is -0.158. The molecule has 4 N–H and O–H groups in total. The van der Waals surface area contributed by atoms with E-state index in [1.807, 2.05) is 6.92 Å². The van der Waals surface area contributed by atoms with Crippen LogP contribution in [0.15, 0.2) is 11.4 Å². The zero-order valence-corrected chi connectivity index (χ0v) is 17.8. The lowest BCUT2D eigenvalue weighted by Gasteiger charge is -2.52. The van der Waals surface area contributed by atoms with E-state index in [9.17, 15) is 19.2 Å². The molecule has 1 spiro atoms. The standard InChI is InChI=1S/C21H32N4O5/c1-3-5-10-24-17(26)15(16(22)23)18(27)25(20(24)29)14-6-8-21(9-7-14)11-13(12-21)19(28)30-4-2/h13-14H,3-12,22-23H2,1-2H3. The molecule has 1 aliphatic heterocycles. The van der Waals surface area contributed by atoms with Crippen molar-refractivity contribution < 1.29 is 23.9 Å². The quantitative estimate of drug-likeness (QED) is 0.378. The van der Waals surface area contributed by atoms with Crippen molar-refractivity contribution in [2.75, 3.05) is 13.2 Å². The third-order valence-electron chi connectivity index (χ3n) is 6.71. The normalized spacial score (nSPS) is 29.3. The highest BCUT2D eigenvalue weighted by molar-refractivity contribution is 6.29. The molecule has 0 radical (unpaired) electrons. The number of urea groups is 1. The Bertz CT molecular complexity index is 757. The summed E-state index contributed by atoms with van der Waals surface area (Å²) in [5.41, 5.74) is 11.0. The number of imide groups is 2. The Labute approximate surface area is 176 Å². The number of hydrogen-bond acceptors (Lipinski definition) is 7. The number of unbranched alkanes of at least 4 members (excludes halogenated alkanes) is 1. The van der Waals surface area contributed by atoms with Gasteiger partial charge in [0.1, 0.15) is 11.4 Å². The van der Waals surface area contributed by atoms with Crippen LogP contribution in [-0.4, -0.2) is 52.8 Å². The Hall–Kier alpha value is -2.58. The van der Waals surface area contributed by atoms with Gasteiger partial charge < -0.3 is 16.2 Å². The van der Waals surface area contributed by atoms with E-state index in [1.165, 1.54) is 4.90 Å². The minimum Gasteiger partial charge on any atom is -0.466 e. The number of rotatable bonds is 6. The molecule has 0 aromatic carbocycles. The smallest absolute Gasteiger partial charge is 0.334 e. The lowest BCUT2D eigenvalue weighted by Crippen LogP contribution is -2.61. The number of carbonyl (C=O) groups excluding carboxylic acids is 4. The van der Waals surface area contributed by atoms with Gasteiger partial charge in [0.2, 0.25) is 0 Å². The maximum Gasteiger partial charge on any atom is 0.334 e. The van der Waals surface area contributed by atoms with Crippen LogP contribution in [0.5, 0.6) is 0 Å². The average Bonchev–Trinajstić information content (AvgIpc) is 2.66. The van der Waals surface area contributed by atoms with E-state index in [4.69, 9.17) is 16.2 Å². The number of barbiturate groups is 1. The predicted molar refractivity (Wildman–Crippen MR) is 108 cm³/mol. The molecule has 0 aromatic heterocycles. The summed E-state index contributed by atoms with van der Waals surface area (Å²) in [6.07, 6.45) is 5.96. The van der Waals surface area contributed by atoms with E-state index < -0.39 is 17.8 Å². The van der Waals surface area contributed by atoms with Gasteiger partial charge in [-0.1, -0.05) is 13.3 Å². The van der Waals surface area contributed by atoms with Crippen LogP contribution in [0.2, 0.25) is 0 Å². The molecule has 30 heavy (non-hydrogen) atoms. The molecule has 0 aromatic rings. The first-order valence-corrected chi connectivity index (χ1v) is 10.9. The number of esters is 1. The molecule has 4 amide bonds. The van der Waals surface area contributed by atoms with E-state index in [0.29, 0.717) is 25.9 Å². The first-order chi connectivity index (χ1) is 14.2. The highest BCUT2D eigenvalue weighted by Gasteiger charge is 2.52. The lowest BCUT2D eigenvalue weighted by atomic mass is 9.55. The number of hydrogen-bond donors (Lipinski definition) is 2. The van der Waals surface area contributed by atoms with E-state index in [0.717, 1.165) is 37.0 Å². The monoisotopic (exact) mass is 420 g/mol. The molecule has 3 aliphatic rings. The topological polar surface area (TPSA) is 136 Å². The summed E-state index contributed by atoms with van der Waals surface area (Å²) in [6.45, 7) is 4.37. The van der Waals surface area contributed by atoms with Gasteiger partial charge >= 0.3 is 12.0 Å². The van der Waals surface area contributed by atoms with Crippen LogP contribution in [0.25, 0.3) is 0 Å². The van der Waals surface area contributed by atoms with Crippen LogP contribution in [0, 0.1) is 11.3 Å². The van der Waals surface area contributed by atoms with Crippen molar-refractivity contribution >= 4 is 23.8 Å². The van der Waals surface area contributed by atoms with Gasteiger partial charge in [-0.3, -0.25) is 24.2 Å². The summed E-state index contributed by atoms with van der Waals surface area (Å²) in [6, 6.07) is -0.883. The van der Waals surface area contributed by atoms with Crippen molar-refractivity contribution in [3.05, 3.63) is 11.4 Å². The Balaban J connectivity index is 1.70. The van der Waals surface area contributed by atoms with Crippen molar-refractivity contribution in [1.82, 2.24) is 9.80 Å². The maximum absolute atomic E-state index is 13.0. The minimum atomic E-state index is -0.710. The summed E-state index contributed by atoms with van der Waals surface area (Å²) in [7, 11) is 0. The molecular weight excluding hydrogens is 388 g/mol. The molecule has 2 saturated carbocycles. The molecular formula is C21H32N4O5. The van der Waals surface area contributed by atoms with Crippen molar-refractivity contribution in [3.8, 4) is 0 Å². The maximum atomic E-state index is 13.0. The van der Waals surface area contributed by atoms with Gasteiger partial charge in [-0.05, 0) is 57.3 Å². The minimum absolute atomic E-state index is 0.0477. The first kappa shape index (κ1) is 22.1. The number of nitrogens with zero attached hydrogens (tertiary/aromatic N) is 2. The summed E-state index contributed by atoms with van der Waals surface area (Å²) in [5, 5.41) is 0. The number of carbonyl (C=O) groups is 4. The van der Waals surface area contributed by atoms with Gasteiger partial charge in [-0.15, -0.1) is 0 Å². The van der Waals surface area contributed by atoms with E-state index in [-0.39, 0.29) is 41.3 Å². The molecule has 166 valence electrons. The Morgan fingerprint density at radius 3 is 2.27 bits per heavy atom. The fourth-order valence-corrected chi connectivity index (χ4v) is 5.03. The van der Waals surface area contributed by atoms with Gasteiger partial charge in [0.15, 0.2) is 0 Å². The second-order valence-corrected chi connectivity index (χ2v) is 8.69. The van der Waals surface area contributed by atoms with Crippen LogP contribution < -0.4 is 11.5 Å². The molecule has 1 heterocycles. The van der Waals surface area contributed by atoms with Gasteiger partial charge in [0, 0.05) is 12.6 Å². The van der Waals surface area contributed by atoms with Crippen LogP contribution in [0.4, 0.5) is 4.79 Å². The van der Waals surface area contributed by atoms with Gasteiger partial charge in [-0.25, -0.2) is 4.79 Å². The number of nitrogens with two attached hydrogens (primary N) is 2. The van der Waals surface area contributed by atoms with Gasteiger partial charge in [0.25, 0.3) is 11.8 Å². The van der Waals surface area contributed by atoms with Crippen molar-refractivity contribution in [2.24, 2.45) is 22.8 Å². The van der Waals surface area contributed by atoms with Crippen LogP contribution in [-0.2, 0) is 19.1 Å². The van der Waals surface area contributed by atoms with Crippen molar-refractivity contribution in [1.29, 1.82) is 0 Å². The summed E-state index contributed by atoms with van der Waals surface area (Å²) < 4.78 is 5.11. The summed E-state index contributed by atoms with van der Waals surface area (Å²) in [4.78, 5) is 52.8. The second-order valence-electron chi connectivity index (χ2n) is 8.69. The molecule has 0 unspecified atom stereocenters. The third kappa shape index (κ3) is 3.89. The Morgan fingerprint density at radius 1 is 1.10 bits per heavy atom. The number of ether oxygens (including phenoxy) is 1. The molecule has 3 rings (SSSR count). The molecule has 3 fully saturated rings. The molecule has 9 heteroatoms. The highest BCUT2D eigenvalue weighted by atomic mass is 16.5.